The van der Waals surface area contributed by atoms with Crippen LogP contribution in [0.5, 0.6) is 0 Å². The van der Waals surface area contributed by atoms with Crippen molar-refractivity contribution in [3.63, 3.8) is 0 Å². The number of hydrogen-bond donors (Lipinski definition) is 0. The van der Waals surface area contributed by atoms with E-state index < -0.39 is 5.97 Å². The number of carbonyl (C=O) groups is 2. The molecule has 6 nitrogen and oxygen atoms in total. The van der Waals surface area contributed by atoms with Gasteiger partial charge in [0.05, 0.1) is 25.4 Å². The third kappa shape index (κ3) is 12.6. The van der Waals surface area contributed by atoms with Crippen molar-refractivity contribution >= 4 is 11.9 Å². The van der Waals surface area contributed by atoms with Crippen LogP contribution in [0.25, 0.3) is 0 Å². The zero-order valence-corrected chi connectivity index (χ0v) is 26.2. The van der Waals surface area contributed by atoms with E-state index >= 15 is 0 Å². The van der Waals surface area contributed by atoms with Crippen molar-refractivity contribution in [2.45, 2.75) is 129 Å². The van der Waals surface area contributed by atoms with E-state index in [9.17, 15) is 9.59 Å². The maximum atomic E-state index is 12.7. The molecule has 0 spiro atoms. The van der Waals surface area contributed by atoms with Crippen LogP contribution in [-0.4, -0.2) is 44.7 Å². The lowest BCUT2D eigenvalue weighted by Gasteiger charge is -2.35. The van der Waals surface area contributed by atoms with Gasteiger partial charge in [0, 0.05) is 18.1 Å². The van der Waals surface area contributed by atoms with Crippen LogP contribution in [0.1, 0.15) is 123 Å². The molecule has 41 heavy (non-hydrogen) atoms. The third-order valence-corrected chi connectivity index (χ3v) is 9.80. The fourth-order valence-electron chi connectivity index (χ4n) is 6.92. The predicted molar refractivity (Wildman–Crippen MR) is 163 cm³/mol. The summed E-state index contributed by atoms with van der Waals surface area (Å²) in [4.78, 5) is 24.8. The van der Waals surface area contributed by atoms with Crippen LogP contribution in [0.4, 0.5) is 0 Å². The molecule has 2 aliphatic carbocycles. The van der Waals surface area contributed by atoms with E-state index in [1.165, 1.54) is 77.0 Å². The molecule has 2 unspecified atom stereocenters. The van der Waals surface area contributed by atoms with E-state index in [0.717, 1.165) is 49.9 Å². The van der Waals surface area contributed by atoms with Crippen molar-refractivity contribution in [1.29, 1.82) is 0 Å². The quantitative estimate of drug-likeness (QED) is 0.0988. The Morgan fingerprint density at radius 1 is 0.780 bits per heavy atom. The summed E-state index contributed by atoms with van der Waals surface area (Å²) < 4.78 is 22.5. The Morgan fingerprint density at radius 2 is 1.37 bits per heavy atom. The summed E-state index contributed by atoms with van der Waals surface area (Å²) in [5.74, 6) is 2.19. The molecule has 0 amide bonds. The highest BCUT2D eigenvalue weighted by molar-refractivity contribution is 5.88. The molecule has 0 bridgehead atoms. The van der Waals surface area contributed by atoms with Crippen molar-refractivity contribution in [3.8, 4) is 0 Å². The first-order valence-electron chi connectivity index (χ1n) is 16.8. The largest absolute Gasteiger partial charge is 0.462 e. The molecule has 6 heteroatoms. The van der Waals surface area contributed by atoms with Gasteiger partial charge in [-0.05, 0) is 62.7 Å². The highest BCUT2D eigenvalue weighted by Crippen LogP contribution is 2.39. The minimum Gasteiger partial charge on any atom is -0.462 e. The number of esters is 2. The van der Waals surface area contributed by atoms with Crippen molar-refractivity contribution in [2.24, 2.45) is 29.6 Å². The van der Waals surface area contributed by atoms with Crippen LogP contribution in [0, 0.1) is 29.6 Å². The second-order valence-electron chi connectivity index (χ2n) is 13.2. The maximum Gasteiger partial charge on any atom is 0.335 e. The van der Waals surface area contributed by atoms with Gasteiger partial charge >= 0.3 is 11.9 Å². The van der Waals surface area contributed by atoms with Crippen LogP contribution in [0.3, 0.4) is 0 Å². The molecule has 1 aliphatic heterocycles. The first-order chi connectivity index (χ1) is 19.9. The first kappa shape index (κ1) is 33.8. The van der Waals surface area contributed by atoms with Gasteiger partial charge in [-0.25, -0.2) is 9.59 Å². The molecule has 0 N–H and O–H groups in total. The minimum atomic E-state index is -0.453. The smallest absolute Gasteiger partial charge is 0.335 e. The highest BCUT2D eigenvalue weighted by atomic mass is 16.7. The van der Waals surface area contributed by atoms with E-state index in [2.05, 4.69) is 20.1 Å². The molecule has 0 aromatic carbocycles. The average molecular weight is 575 g/mol. The van der Waals surface area contributed by atoms with Crippen LogP contribution < -0.4 is 0 Å². The Balaban J connectivity index is 1.39. The minimum absolute atomic E-state index is 0.0263. The van der Waals surface area contributed by atoms with Gasteiger partial charge in [-0.3, -0.25) is 0 Å². The lowest BCUT2D eigenvalue weighted by atomic mass is 9.72. The van der Waals surface area contributed by atoms with Gasteiger partial charge in [0.25, 0.3) is 0 Å². The van der Waals surface area contributed by atoms with E-state index in [1.54, 1.807) is 6.92 Å². The van der Waals surface area contributed by atoms with Crippen LogP contribution >= 0.6 is 0 Å². The Kier molecular flexibility index (Phi) is 15.5. The van der Waals surface area contributed by atoms with Crippen molar-refractivity contribution in [1.82, 2.24) is 0 Å². The molecule has 3 fully saturated rings. The monoisotopic (exact) mass is 574 g/mol. The van der Waals surface area contributed by atoms with Gasteiger partial charge < -0.3 is 18.9 Å². The molecule has 3 rings (SSSR count). The topological polar surface area (TPSA) is 71.1 Å². The molecular weight excluding hydrogens is 516 g/mol. The van der Waals surface area contributed by atoms with Gasteiger partial charge in [-0.2, -0.15) is 0 Å². The molecule has 234 valence electrons. The summed E-state index contributed by atoms with van der Waals surface area (Å²) >= 11 is 0. The molecule has 1 heterocycles. The highest BCUT2D eigenvalue weighted by Gasteiger charge is 2.31. The summed E-state index contributed by atoms with van der Waals surface area (Å²) in [7, 11) is 0. The van der Waals surface area contributed by atoms with Crippen molar-refractivity contribution < 1.29 is 28.5 Å². The number of rotatable bonds is 17. The van der Waals surface area contributed by atoms with Crippen LogP contribution in [0.2, 0.25) is 0 Å². The Labute approximate surface area is 250 Å². The number of unbranched alkanes of at least 4 members (excludes halogenated alkanes) is 2. The lowest BCUT2D eigenvalue weighted by molar-refractivity contribution is -0.161. The summed E-state index contributed by atoms with van der Waals surface area (Å²) in [6, 6.07) is 0. The van der Waals surface area contributed by atoms with Crippen molar-refractivity contribution in [2.75, 3.05) is 26.4 Å². The molecule has 2 saturated carbocycles. The zero-order valence-electron chi connectivity index (χ0n) is 26.2. The second kappa shape index (κ2) is 18.8. The molecule has 0 aromatic rings. The number of hydrogen-bond acceptors (Lipinski definition) is 6. The molecular formula is C35H58O6. The molecule has 3 aliphatic rings. The molecule has 0 radical (unpaired) electrons. The van der Waals surface area contributed by atoms with Gasteiger partial charge in [0.15, 0.2) is 6.29 Å². The van der Waals surface area contributed by atoms with E-state index in [1.807, 2.05) is 0 Å². The standard InChI is InChI=1S/C35H58O6/c1-5-6-7-10-28-12-14-29(15-13-28)16-17-30-18-20-31(21-19-30)32(24-40-34(36)26(2)3)25-41-35(37)27(4)23-39-33-11-8-9-22-38-33/h28-33H,2,4-25H2,1,3H3. The first-order valence-corrected chi connectivity index (χ1v) is 16.8. The SMILES string of the molecule is C=C(C)C(=O)OCC(COC(=O)C(=C)COC1CCCCO1)C1CCC(CCC2CCC(CCCCC)CC2)CC1. The summed E-state index contributed by atoms with van der Waals surface area (Å²) in [5.41, 5.74) is 0.672. The van der Waals surface area contributed by atoms with Gasteiger partial charge in [-0.15, -0.1) is 0 Å². The average Bonchev–Trinajstić information content (AvgIpc) is 3.00. The fourth-order valence-corrected chi connectivity index (χ4v) is 6.92. The van der Waals surface area contributed by atoms with Gasteiger partial charge in [0.1, 0.15) is 0 Å². The summed E-state index contributed by atoms with van der Waals surface area (Å²) in [6.07, 6.45) is 21.3. The maximum absolute atomic E-state index is 12.7. The second-order valence-corrected chi connectivity index (χ2v) is 13.2. The van der Waals surface area contributed by atoms with E-state index in [-0.39, 0.29) is 43.6 Å². The van der Waals surface area contributed by atoms with Gasteiger partial charge in [-0.1, -0.05) is 97.1 Å². The van der Waals surface area contributed by atoms with E-state index in [4.69, 9.17) is 18.9 Å². The fraction of sp³-hybridized carbons (Fsp3) is 0.829. The van der Waals surface area contributed by atoms with E-state index in [0.29, 0.717) is 18.1 Å². The molecule has 0 aromatic heterocycles. The Bertz CT molecular complexity index is 799. The summed E-state index contributed by atoms with van der Waals surface area (Å²) in [6.45, 7) is 12.8. The zero-order chi connectivity index (χ0) is 29.5. The Hall–Kier alpha value is -1.66. The molecule has 2 atom stereocenters. The Morgan fingerprint density at radius 3 is 1.93 bits per heavy atom. The molecule has 1 saturated heterocycles. The van der Waals surface area contributed by atoms with Crippen LogP contribution in [0.15, 0.2) is 24.3 Å². The normalized spacial score (nSPS) is 27.5. The lowest BCUT2D eigenvalue weighted by Crippen LogP contribution is -2.31. The van der Waals surface area contributed by atoms with Crippen molar-refractivity contribution in [3.05, 3.63) is 24.3 Å². The third-order valence-electron chi connectivity index (χ3n) is 9.80. The number of ether oxygens (including phenoxy) is 4. The van der Waals surface area contributed by atoms with Crippen LogP contribution in [-0.2, 0) is 28.5 Å². The number of carbonyl (C=O) groups excluding carboxylic acids is 2. The summed E-state index contributed by atoms with van der Waals surface area (Å²) in [5, 5.41) is 0. The predicted octanol–water partition coefficient (Wildman–Crippen LogP) is 8.34. The van der Waals surface area contributed by atoms with Gasteiger partial charge in [0.2, 0.25) is 0 Å².